The molecule has 18 heavy (non-hydrogen) atoms. The first-order valence-corrected chi connectivity index (χ1v) is 10.1. The van der Waals surface area contributed by atoms with E-state index in [9.17, 15) is 4.79 Å². The van der Waals surface area contributed by atoms with E-state index in [0.29, 0.717) is 6.61 Å². The van der Waals surface area contributed by atoms with E-state index in [1.165, 1.54) is 0 Å². The second-order valence-electron chi connectivity index (χ2n) is 6.77. The summed E-state index contributed by atoms with van der Waals surface area (Å²) in [6.45, 7) is 13.9. The van der Waals surface area contributed by atoms with Gasteiger partial charge in [0.15, 0.2) is 6.10 Å². The van der Waals surface area contributed by atoms with Gasteiger partial charge in [-0.05, 0) is 31.2 Å². The standard InChI is InChI=1S/C14H28O3Si/c1-7-16-13(15)11-9-8-10-12(17-11)18(5,6)14(2,3)4/h11-12H,7-10H2,1-6H3. The Balaban J connectivity index is 2.72. The second-order valence-corrected chi connectivity index (χ2v) is 12.4. The fraction of sp³-hybridized carbons (Fsp3) is 0.929. The maximum Gasteiger partial charge on any atom is 0.335 e. The molecule has 1 heterocycles. The predicted molar refractivity (Wildman–Crippen MR) is 76.3 cm³/mol. The van der Waals surface area contributed by atoms with E-state index < -0.39 is 8.07 Å². The Kier molecular flexibility index (Phi) is 5.01. The number of esters is 1. The monoisotopic (exact) mass is 272 g/mol. The Hall–Kier alpha value is -0.353. The molecule has 0 saturated carbocycles. The summed E-state index contributed by atoms with van der Waals surface area (Å²) in [4.78, 5) is 11.8. The van der Waals surface area contributed by atoms with Crippen LogP contribution in [0.2, 0.25) is 18.1 Å². The van der Waals surface area contributed by atoms with Crippen LogP contribution in [0.3, 0.4) is 0 Å². The molecule has 1 fully saturated rings. The molecule has 1 saturated heterocycles. The van der Waals surface area contributed by atoms with Gasteiger partial charge < -0.3 is 9.47 Å². The minimum atomic E-state index is -1.54. The average molecular weight is 272 g/mol. The Morgan fingerprint density at radius 2 is 1.94 bits per heavy atom. The number of hydrogen-bond acceptors (Lipinski definition) is 3. The van der Waals surface area contributed by atoms with Crippen molar-refractivity contribution in [3.05, 3.63) is 0 Å². The fourth-order valence-electron chi connectivity index (χ4n) is 2.25. The first-order chi connectivity index (χ1) is 8.20. The number of rotatable bonds is 3. The number of hydrogen-bond donors (Lipinski definition) is 0. The molecule has 4 heteroatoms. The van der Waals surface area contributed by atoms with Gasteiger partial charge in [0, 0.05) is 5.73 Å². The molecule has 2 unspecified atom stereocenters. The third-order valence-corrected chi connectivity index (χ3v) is 10.4. The molecule has 0 aliphatic carbocycles. The topological polar surface area (TPSA) is 35.5 Å². The van der Waals surface area contributed by atoms with Crippen LogP contribution in [-0.4, -0.2) is 32.5 Å². The van der Waals surface area contributed by atoms with Gasteiger partial charge in [-0.3, -0.25) is 0 Å². The van der Waals surface area contributed by atoms with E-state index in [1.54, 1.807) is 0 Å². The zero-order valence-electron chi connectivity index (χ0n) is 12.7. The molecule has 0 amide bonds. The summed E-state index contributed by atoms with van der Waals surface area (Å²) in [6.07, 6.45) is 2.63. The Bertz CT molecular complexity index is 294. The summed E-state index contributed by atoms with van der Waals surface area (Å²) in [7, 11) is -1.54. The lowest BCUT2D eigenvalue weighted by Gasteiger charge is -2.45. The third kappa shape index (κ3) is 3.35. The Morgan fingerprint density at radius 3 is 2.44 bits per heavy atom. The highest BCUT2D eigenvalue weighted by atomic mass is 28.3. The van der Waals surface area contributed by atoms with Gasteiger partial charge in [0.25, 0.3) is 0 Å². The van der Waals surface area contributed by atoms with E-state index in [1.807, 2.05) is 6.92 Å². The summed E-state index contributed by atoms with van der Waals surface area (Å²) < 4.78 is 11.2. The SMILES string of the molecule is CCOC(=O)C1CCCC([Si](C)(C)C(C)(C)C)O1. The lowest BCUT2D eigenvalue weighted by molar-refractivity contribution is -0.161. The molecular formula is C14H28O3Si. The molecule has 3 nitrogen and oxygen atoms in total. The molecule has 0 aromatic heterocycles. The highest BCUT2D eigenvalue weighted by Crippen LogP contribution is 2.42. The zero-order chi connectivity index (χ0) is 14.0. The van der Waals surface area contributed by atoms with Crippen molar-refractivity contribution in [3.63, 3.8) is 0 Å². The lowest BCUT2D eigenvalue weighted by atomic mass is 10.1. The first-order valence-electron chi connectivity index (χ1n) is 7.02. The van der Waals surface area contributed by atoms with Gasteiger partial charge in [0.1, 0.15) is 0 Å². The highest BCUT2D eigenvalue weighted by molar-refractivity contribution is 6.81. The van der Waals surface area contributed by atoms with Crippen LogP contribution in [-0.2, 0) is 14.3 Å². The summed E-state index contributed by atoms with van der Waals surface area (Å²) in [5.41, 5.74) is 0.264. The van der Waals surface area contributed by atoms with Crippen LogP contribution in [0, 0.1) is 0 Å². The molecule has 106 valence electrons. The highest BCUT2D eigenvalue weighted by Gasteiger charge is 2.45. The van der Waals surface area contributed by atoms with E-state index in [2.05, 4.69) is 33.9 Å². The largest absolute Gasteiger partial charge is 0.464 e. The lowest BCUT2D eigenvalue weighted by Crippen LogP contribution is -2.54. The number of carbonyl (C=O) groups excluding carboxylic acids is 1. The summed E-state index contributed by atoms with van der Waals surface area (Å²) in [6, 6.07) is 0. The Labute approximate surface area is 112 Å². The van der Waals surface area contributed by atoms with Crippen LogP contribution < -0.4 is 0 Å². The molecule has 1 aliphatic heterocycles. The smallest absolute Gasteiger partial charge is 0.335 e. The maximum absolute atomic E-state index is 11.8. The minimum Gasteiger partial charge on any atom is -0.464 e. The number of carbonyl (C=O) groups is 1. The second kappa shape index (κ2) is 5.74. The van der Waals surface area contributed by atoms with Crippen molar-refractivity contribution in [2.75, 3.05) is 6.61 Å². The van der Waals surface area contributed by atoms with E-state index in [-0.39, 0.29) is 22.8 Å². The van der Waals surface area contributed by atoms with Gasteiger partial charge >= 0.3 is 5.97 Å². The molecule has 0 spiro atoms. The van der Waals surface area contributed by atoms with E-state index in [4.69, 9.17) is 9.47 Å². The maximum atomic E-state index is 11.8. The van der Waals surface area contributed by atoms with Crippen molar-refractivity contribution in [1.29, 1.82) is 0 Å². The molecule has 0 aromatic rings. The quantitative estimate of drug-likeness (QED) is 0.582. The van der Waals surface area contributed by atoms with Gasteiger partial charge in [-0.1, -0.05) is 33.9 Å². The molecule has 0 radical (unpaired) electrons. The normalized spacial score (nSPS) is 25.9. The van der Waals surface area contributed by atoms with E-state index in [0.717, 1.165) is 19.3 Å². The Morgan fingerprint density at radius 1 is 1.33 bits per heavy atom. The minimum absolute atomic E-state index is 0.180. The molecule has 0 N–H and O–H groups in total. The zero-order valence-corrected chi connectivity index (χ0v) is 13.7. The molecule has 1 aliphatic rings. The van der Waals surface area contributed by atoms with Crippen molar-refractivity contribution < 1.29 is 14.3 Å². The van der Waals surface area contributed by atoms with Crippen LogP contribution in [0.25, 0.3) is 0 Å². The molecule has 0 aromatic carbocycles. The molecule has 0 bridgehead atoms. The van der Waals surface area contributed by atoms with Crippen molar-refractivity contribution >= 4 is 14.0 Å². The fourth-order valence-corrected chi connectivity index (χ4v) is 4.64. The summed E-state index contributed by atoms with van der Waals surface area (Å²) in [5.74, 6) is -0.180. The van der Waals surface area contributed by atoms with Gasteiger partial charge in [-0.15, -0.1) is 0 Å². The molecular weight excluding hydrogens is 244 g/mol. The average Bonchev–Trinajstić information content (AvgIpc) is 2.28. The third-order valence-electron chi connectivity index (χ3n) is 4.55. The van der Waals surface area contributed by atoms with Crippen molar-refractivity contribution in [1.82, 2.24) is 0 Å². The van der Waals surface area contributed by atoms with Crippen LogP contribution in [0.5, 0.6) is 0 Å². The molecule has 1 rings (SSSR count). The number of ether oxygens (including phenoxy) is 2. The van der Waals surface area contributed by atoms with Crippen molar-refractivity contribution in [3.8, 4) is 0 Å². The summed E-state index contributed by atoms with van der Waals surface area (Å²) in [5, 5.41) is 0.286. The molecule has 2 atom stereocenters. The predicted octanol–water partition coefficient (Wildman–Crippen LogP) is 3.53. The van der Waals surface area contributed by atoms with Crippen LogP contribution in [0.1, 0.15) is 47.0 Å². The van der Waals surface area contributed by atoms with Crippen LogP contribution in [0.15, 0.2) is 0 Å². The van der Waals surface area contributed by atoms with Crippen LogP contribution >= 0.6 is 0 Å². The first kappa shape index (κ1) is 15.7. The van der Waals surface area contributed by atoms with E-state index >= 15 is 0 Å². The summed E-state index contributed by atoms with van der Waals surface area (Å²) >= 11 is 0. The van der Waals surface area contributed by atoms with Gasteiger partial charge in [0.05, 0.1) is 14.7 Å². The van der Waals surface area contributed by atoms with Gasteiger partial charge in [-0.2, -0.15) is 0 Å². The van der Waals surface area contributed by atoms with Gasteiger partial charge in [0.2, 0.25) is 0 Å². The van der Waals surface area contributed by atoms with Crippen LogP contribution in [0.4, 0.5) is 0 Å². The van der Waals surface area contributed by atoms with Gasteiger partial charge in [-0.25, -0.2) is 4.79 Å². The van der Waals surface area contributed by atoms with Crippen molar-refractivity contribution in [2.24, 2.45) is 0 Å². The van der Waals surface area contributed by atoms with Crippen molar-refractivity contribution in [2.45, 2.75) is 76.9 Å².